The van der Waals surface area contributed by atoms with Crippen molar-refractivity contribution in [2.45, 2.75) is 49.6 Å². The lowest BCUT2D eigenvalue weighted by Crippen LogP contribution is -2.49. The van der Waals surface area contributed by atoms with Gasteiger partial charge < -0.3 is 20.9 Å². The van der Waals surface area contributed by atoms with Crippen LogP contribution in [0.5, 0.6) is 0 Å². The Hall–Kier alpha value is -1.94. The van der Waals surface area contributed by atoms with E-state index in [1.165, 1.54) is 12.1 Å². The number of carbonyl (C=O) groups excluding carboxylic acids is 1. The zero-order valence-electron chi connectivity index (χ0n) is 17.1. The predicted molar refractivity (Wildman–Crippen MR) is 123 cm³/mol. The molecule has 31 heavy (non-hydrogen) atoms. The molecule has 0 radical (unpaired) electrons. The number of halogens is 2. The third-order valence-corrected chi connectivity index (χ3v) is 7.48. The Bertz CT molecular complexity index is 1010. The van der Waals surface area contributed by atoms with Crippen LogP contribution in [0.3, 0.4) is 0 Å². The number of hydrogen-bond donors (Lipinski definition) is 3. The summed E-state index contributed by atoms with van der Waals surface area (Å²) in [6.45, 7) is 1.61. The lowest BCUT2D eigenvalue weighted by molar-refractivity contribution is -0.133. The van der Waals surface area contributed by atoms with Crippen LogP contribution in [0.2, 0.25) is 10.0 Å². The Kier molecular flexibility index (Phi) is 7.74. The van der Waals surface area contributed by atoms with Crippen molar-refractivity contribution in [2.75, 3.05) is 24.6 Å². The Morgan fingerprint density at radius 3 is 2.26 bits per heavy atom. The van der Waals surface area contributed by atoms with Gasteiger partial charge in [0.15, 0.2) is 0 Å². The Morgan fingerprint density at radius 1 is 1.10 bits per heavy atom. The van der Waals surface area contributed by atoms with Gasteiger partial charge in [0.25, 0.3) is 0 Å². The fraction of sp³-hybridized carbons (Fsp3) is 0.450. The molecular formula is C20H27Cl2N5O3S. The largest absolute Gasteiger partial charge is 0.396 e. The first-order valence-electron chi connectivity index (χ1n) is 10.2. The maximum Gasteiger partial charge on any atom is 0.241 e. The molecule has 2 aromatic rings. The van der Waals surface area contributed by atoms with Crippen molar-refractivity contribution in [3.63, 3.8) is 0 Å². The molecule has 1 aromatic carbocycles. The van der Waals surface area contributed by atoms with Gasteiger partial charge in [0.1, 0.15) is 11.9 Å². The summed E-state index contributed by atoms with van der Waals surface area (Å²) >= 11 is 12.0. The van der Waals surface area contributed by atoms with E-state index < -0.39 is 16.1 Å². The number of aryl methyl sites for hydroxylation is 1. The quantitative estimate of drug-likeness (QED) is 0.517. The molecule has 0 aliphatic carbocycles. The van der Waals surface area contributed by atoms with E-state index in [1.807, 2.05) is 0 Å². The van der Waals surface area contributed by atoms with Gasteiger partial charge in [-0.1, -0.05) is 36.0 Å². The average Bonchev–Trinajstić information content (AvgIpc) is 2.96. The van der Waals surface area contributed by atoms with Crippen molar-refractivity contribution in [1.82, 2.24) is 14.2 Å². The fourth-order valence-electron chi connectivity index (χ4n) is 3.61. The van der Waals surface area contributed by atoms with Crippen LogP contribution in [-0.2, 0) is 21.4 Å². The summed E-state index contributed by atoms with van der Waals surface area (Å²) in [5.41, 5.74) is 11.7. The van der Waals surface area contributed by atoms with E-state index >= 15 is 0 Å². The molecule has 0 spiro atoms. The van der Waals surface area contributed by atoms with Crippen molar-refractivity contribution in [3.05, 3.63) is 40.5 Å². The number of nitrogens with zero attached hydrogens (tertiary/aromatic N) is 2. The first-order valence-corrected chi connectivity index (χ1v) is 12.4. The van der Waals surface area contributed by atoms with Crippen LogP contribution < -0.4 is 16.2 Å². The van der Waals surface area contributed by atoms with E-state index in [4.69, 9.17) is 34.7 Å². The number of likely N-dealkylation sites (tertiary alicyclic amines) is 1. The minimum absolute atomic E-state index is 0.0309. The molecule has 1 amide bonds. The lowest BCUT2D eigenvalue weighted by atomic mass is 10.2. The molecule has 5 N–H and O–H groups in total. The molecule has 11 heteroatoms. The zero-order chi connectivity index (χ0) is 22.6. The number of rotatable bonds is 7. The van der Waals surface area contributed by atoms with Crippen molar-refractivity contribution < 1.29 is 13.2 Å². The second kappa shape index (κ2) is 10.1. The van der Waals surface area contributed by atoms with E-state index in [1.54, 1.807) is 27.8 Å². The van der Waals surface area contributed by atoms with Crippen LogP contribution in [-0.4, -0.2) is 42.9 Å². The molecule has 1 aliphatic heterocycles. The molecule has 1 aromatic heterocycles. The van der Waals surface area contributed by atoms with Crippen LogP contribution in [0, 0.1) is 0 Å². The van der Waals surface area contributed by atoms with Crippen LogP contribution >= 0.6 is 23.2 Å². The predicted octanol–water partition coefficient (Wildman–Crippen LogP) is 3.10. The number of anilines is 2. The molecule has 1 aliphatic rings. The summed E-state index contributed by atoms with van der Waals surface area (Å²) in [7, 11) is -4.08. The van der Waals surface area contributed by atoms with Gasteiger partial charge in [-0.25, -0.2) is 8.42 Å². The molecule has 0 saturated carbocycles. The van der Waals surface area contributed by atoms with Gasteiger partial charge in [0.2, 0.25) is 15.9 Å². The molecule has 1 unspecified atom stereocenters. The van der Waals surface area contributed by atoms with Crippen molar-refractivity contribution in [2.24, 2.45) is 0 Å². The summed E-state index contributed by atoms with van der Waals surface area (Å²) in [6.07, 6.45) is 5.95. The number of aromatic nitrogens is 1. The molecule has 1 fully saturated rings. The van der Waals surface area contributed by atoms with Crippen LogP contribution in [0.4, 0.5) is 11.5 Å². The minimum atomic E-state index is -4.08. The summed E-state index contributed by atoms with van der Waals surface area (Å²) in [5.74, 6) is 0.296. The fourth-order valence-corrected chi connectivity index (χ4v) is 5.51. The highest BCUT2D eigenvalue weighted by atomic mass is 35.5. The van der Waals surface area contributed by atoms with Crippen LogP contribution in [0.25, 0.3) is 0 Å². The summed E-state index contributed by atoms with van der Waals surface area (Å²) in [6, 6.07) is 5.03. The van der Waals surface area contributed by atoms with Crippen molar-refractivity contribution in [1.29, 1.82) is 0 Å². The van der Waals surface area contributed by atoms with Crippen molar-refractivity contribution in [3.8, 4) is 0 Å². The number of amides is 1. The van der Waals surface area contributed by atoms with Gasteiger partial charge in [0.05, 0.1) is 20.6 Å². The number of nitrogens with two attached hydrogens (primary N) is 2. The van der Waals surface area contributed by atoms with Gasteiger partial charge in [-0.2, -0.15) is 4.72 Å². The second-order valence-corrected chi connectivity index (χ2v) is 10.2. The van der Waals surface area contributed by atoms with Gasteiger partial charge in [-0.15, -0.1) is 0 Å². The monoisotopic (exact) mass is 487 g/mol. The molecule has 2 heterocycles. The van der Waals surface area contributed by atoms with Gasteiger partial charge in [-0.05, 0) is 43.5 Å². The van der Waals surface area contributed by atoms with Gasteiger partial charge in [-0.3, -0.25) is 4.79 Å². The van der Waals surface area contributed by atoms with E-state index in [0.717, 1.165) is 25.7 Å². The third-order valence-electron chi connectivity index (χ3n) is 5.40. The number of sulfonamides is 1. The van der Waals surface area contributed by atoms with Gasteiger partial charge in [0, 0.05) is 25.8 Å². The molecule has 8 nitrogen and oxygen atoms in total. The Labute approximate surface area is 192 Å². The third kappa shape index (κ3) is 5.85. The average molecular weight is 488 g/mol. The highest BCUT2D eigenvalue weighted by Crippen LogP contribution is 2.31. The first kappa shape index (κ1) is 23.7. The molecule has 1 saturated heterocycles. The van der Waals surface area contributed by atoms with Gasteiger partial charge >= 0.3 is 0 Å². The Balaban J connectivity index is 1.85. The number of carbonyl (C=O) groups is 1. The second-order valence-electron chi connectivity index (χ2n) is 7.63. The summed E-state index contributed by atoms with van der Waals surface area (Å²) in [5, 5.41) is 0.0618. The Morgan fingerprint density at radius 2 is 1.71 bits per heavy atom. The van der Waals surface area contributed by atoms with E-state index in [0.29, 0.717) is 25.5 Å². The van der Waals surface area contributed by atoms with E-state index in [9.17, 15) is 13.2 Å². The van der Waals surface area contributed by atoms with E-state index in [-0.39, 0.29) is 33.0 Å². The molecule has 1 atom stereocenters. The molecular weight excluding hydrogens is 461 g/mol. The first-order chi connectivity index (χ1) is 14.7. The van der Waals surface area contributed by atoms with Crippen LogP contribution in [0.1, 0.15) is 32.1 Å². The molecule has 0 bridgehead atoms. The number of benzene rings is 1. The SMILES string of the molecule is Nc1c(Cl)cc(S(=O)(=O)NC(CCn2cccc2N)C(=O)N2CCCCCC2)cc1Cl. The minimum Gasteiger partial charge on any atom is -0.396 e. The van der Waals surface area contributed by atoms with Crippen LogP contribution in [0.15, 0.2) is 35.4 Å². The molecule has 3 rings (SSSR count). The standard InChI is InChI=1S/C20H27Cl2N5O3S/c21-15-12-14(13-16(22)19(15)24)31(29,30)25-17(7-11-26-10-5-6-18(26)23)20(28)27-8-3-1-2-4-9-27/h5-6,10,12-13,17,25H,1-4,7-9,11,23-24H2. The topological polar surface area (TPSA) is 123 Å². The normalized spacial score (nSPS) is 16.1. The number of hydrogen-bond acceptors (Lipinski definition) is 5. The molecule has 170 valence electrons. The van der Waals surface area contributed by atoms with E-state index in [2.05, 4.69) is 4.72 Å². The highest BCUT2D eigenvalue weighted by molar-refractivity contribution is 7.89. The number of nitrogen functional groups attached to an aromatic ring is 2. The van der Waals surface area contributed by atoms with Crippen molar-refractivity contribution >= 4 is 50.6 Å². The maximum absolute atomic E-state index is 13.3. The summed E-state index contributed by atoms with van der Waals surface area (Å²) < 4.78 is 30.5. The lowest BCUT2D eigenvalue weighted by Gasteiger charge is -2.27. The highest BCUT2D eigenvalue weighted by Gasteiger charge is 2.30. The maximum atomic E-state index is 13.3. The smallest absolute Gasteiger partial charge is 0.241 e. The summed E-state index contributed by atoms with van der Waals surface area (Å²) in [4.78, 5) is 14.9. The number of nitrogens with one attached hydrogen (secondary N) is 1. The zero-order valence-corrected chi connectivity index (χ0v) is 19.4.